The molecular formula is C17H14ClN. The lowest BCUT2D eigenvalue weighted by Crippen LogP contribution is -1.98. The topological polar surface area (TPSA) is 12.0 Å². The number of nitrogens with one attached hydrogen (secondary N) is 1. The largest absolute Gasteiger partial charge is 0.381 e. The molecule has 0 bridgehead atoms. The molecule has 1 N–H and O–H groups in total. The van der Waals surface area contributed by atoms with Gasteiger partial charge in [-0.3, -0.25) is 0 Å². The van der Waals surface area contributed by atoms with Crippen molar-refractivity contribution in [3.05, 3.63) is 77.3 Å². The summed E-state index contributed by atoms with van der Waals surface area (Å²) in [6.45, 7) is 0.801. The van der Waals surface area contributed by atoms with Crippen molar-refractivity contribution in [2.75, 3.05) is 5.32 Å². The van der Waals surface area contributed by atoms with Crippen molar-refractivity contribution in [1.29, 1.82) is 0 Å². The van der Waals surface area contributed by atoms with E-state index >= 15 is 0 Å². The summed E-state index contributed by atoms with van der Waals surface area (Å²) in [5.74, 6) is 0. The second-order valence-electron chi connectivity index (χ2n) is 4.54. The van der Waals surface area contributed by atoms with E-state index in [1.165, 1.54) is 16.3 Å². The van der Waals surface area contributed by atoms with Crippen molar-refractivity contribution >= 4 is 28.1 Å². The summed E-state index contributed by atoms with van der Waals surface area (Å²) in [5, 5.41) is 6.72. The molecule has 0 spiro atoms. The smallest absolute Gasteiger partial charge is 0.0406 e. The zero-order chi connectivity index (χ0) is 13.1. The van der Waals surface area contributed by atoms with E-state index in [0.29, 0.717) is 0 Å². The fourth-order valence-corrected chi connectivity index (χ4v) is 2.23. The van der Waals surface area contributed by atoms with Crippen molar-refractivity contribution in [3.63, 3.8) is 0 Å². The van der Waals surface area contributed by atoms with Crippen LogP contribution in [-0.4, -0.2) is 0 Å². The SMILES string of the molecule is Clc1ccc(CNc2ccc3ccccc3c2)cc1. The molecular weight excluding hydrogens is 254 g/mol. The van der Waals surface area contributed by atoms with Gasteiger partial charge in [-0.05, 0) is 40.6 Å². The van der Waals surface area contributed by atoms with Crippen molar-refractivity contribution < 1.29 is 0 Å². The fourth-order valence-electron chi connectivity index (χ4n) is 2.11. The van der Waals surface area contributed by atoms with Crippen LogP contribution in [0.5, 0.6) is 0 Å². The van der Waals surface area contributed by atoms with E-state index in [4.69, 9.17) is 11.6 Å². The second kappa shape index (κ2) is 5.33. The van der Waals surface area contributed by atoms with Crippen LogP contribution >= 0.6 is 11.6 Å². The van der Waals surface area contributed by atoms with Crippen molar-refractivity contribution in [2.24, 2.45) is 0 Å². The molecule has 0 aliphatic carbocycles. The van der Waals surface area contributed by atoms with Gasteiger partial charge in [0, 0.05) is 17.3 Å². The van der Waals surface area contributed by atoms with E-state index in [-0.39, 0.29) is 0 Å². The first-order valence-corrected chi connectivity index (χ1v) is 6.66. The normalized spacial score (nSPS) is 10.6. The molecule has 2 heteroatoms. The fraction of sp³-hybridized carbons (Fsp3) is 0.0588. The highest BCUT2D eigenvalue weighted by molar-refractivity contribution is 6.30. The molecule has 3 aromatic rings. The number of anilines is 1. The Labute approximate surface area is 117 Å². The lowest BCUT2D eigenvalue weighted by Gasteiger charge is -2.08. The molecule has 1 nitrogen and oxygen atoms in total. The average molecular weight is 268 g/mol. The van der Waals surface area contributed by atoms with Gasteiger partial charge in [0.05, 0.1) is 0 Å². The standard InChI is InChI=1S/C17H14ClN/c18-16-8-5-13(6-9-16)12-19-17-10-7-14-3-1-2-4-15(14)11-17/h1-11,19H,12H2. The molecule has 3 rings (SSSR count). The lowest BCUT2D eigenvalue weighted by molar-refractivity contribution is 1.15. The highest BCUT2D eigenvalue weighted by Gasteiger charge is 1.97. The Hall–Kier alpha value is -1.99. The Morgan fingerprint density at radius 1 is 0.789 bits per heavy atom. The Bertz CT molecular complexity index is 689. The molecule has 0 saturated carbocycles. The monoisotopic (exact) mass is 267 g/mol. The van der Waals surface area contributed by atoms with Gasteiger partial charge < -0.3 is 5.32 Å². The lowest BCUT2D eigenvalue weighted by atomic mass is 10.1. The zero-order valence-corrected chi connectivity index (χ0v) is 11.2. The van der Waals surface area contributed by atoms with Crippen LogP contribution in [0.3, 0.4) is 0 Å². The van der Waals surface area contributed by atoms with Crippen LogP contribution < -0.4 is 5.32 Å². The minimum atomic E-state index is 0.773. The summed E-state index contributed by atoms with van der Waals surface area (Å²) in [6, 6.07) is 22.7. The van der Waals surface area contributed by atoms with E-state index in [2.05, 4.69) is 47.8 Å². The Balaban J connectivity index is 1.76. The molecule has 0 unspecified atom stereocenters. The average Bonchev–Trinajstić information content (AvgIpc) is 2.46. The van der Waals surface area contributed by atoms with Crippen LogP contribution in [0.15, 0.2) is 66.7 Å². The van der Waals surface area contributed by atoms with E-state index in [9.17, 15) is 0 Å². The number of hydrogen-bond donors (Lipinski definition) is 1. The van der Waals surface area contributed by atoms with Gasteiger partial charge in [0.15, 0.2) is 0 Å². The summed E-state index contributed by atoms with van der Waals surface area (Å²) in [7, 11) is 0. The summed E-state index contributed by atoms with van der Waals surface area (Å²) < 4.78 is 0. The van der Waals surface area contributed by atoms with Crippen molar-refractivity contribution in [1.82, 2.24) is 0 Å². The van der Waals surface area contributed by atoms with Crippen molar-refractivity contribution in [3.8, 4) is 0 Å². The molecule has 0 aliphatic rings. The molecule has 0 amide bonds. The minimum absolute atomic E-state index is 0.773. The molecule has 19 heavy (non-hydrogen) atoms. The molecule has 0 radical (unpaired) electrons. The number of halogens is 1. The first-order valence-electron chi connectivity index (χ1n) is 6.28. The first-order chi connectivity index (χ1) is 9.31. The molecule has 3 aromatic carbocycles. The first kappa shape index (κ1) is 12.1. The summed E-state index contributed by atoms with van der Waals surface area (Å²) in [4.78, 5) is 0. The van der Waals surface area contributed by atoms with Crippen LogP contribution in [0.1, 0.15) is 5.56 Å². The zero-order valence-electron chi connectivity index (χ0n) is 10.4. The Morgan fingerprint density at radius 3 is 2.32 bits per heavy atom. The molecule has 0 aromatic heterocycles. The van der Waals surface area contributed by atoms with Crippen LogP contribution in [-0.2, 0) is 6.54 Å². The van der Waals surface area contributed by atoms with Gasteiger partial charge in [-0.25, -0.2) is 0 Å². The molecule has 0 fully saturated rings. The van der Waals surface area contributed by atoms with E-state index in [0.717, 1.165) is 17.3 Å². The summed E-state index contributed by atoms with van der Waals surface area (Å²) >= 11 is 5.87. The maximum atomic E-state index is 5.87. The quantitative estimate of drug-likeness (QED) is 0.696. The molecule has 0 aliphatic heterocycles. The van der Waals surface area contributed by atoms with Gasteiger partial charge in [0.1, 0.15) is 0 Å². The van der Waals surface area contributed by atoms with Crippen molar-refractivity contribution in [2.45, 2.75) is 6.54 Å². The van der Waals surface area contributed by atoms with Gasteiger partial charge >= 0.3 is 0 Å². The number of hydrogen-bond acceptors (Lipinski definition) is 1. The maximum absolute atomic E-state index is 5.87. The minimum Gasteiger partial charge on any atom is -0.381 e. The van der Waals surface area contributed by atoms with Crippen LogP contribution in [0.2, 0.25) is 5.02 Å². The second-order valence-corrected chi connectivity index (χ2v) is 4.98. The highest BCUT2D eigenvalue weighted by Crippen LogP contribution is 2.19. The third-order valence-corrected chi connectivity index (χ3v) is 3.41. The maximum Gasteiger partial charge on any atom is 0.0406 e. The van der Waals surface area contributed by atoms with Crippen LogP contribution in [0.4, 0.5) is 5.69 Å². The van der Waals surface area contributed by atoms with E-state index in [1.807, 2.05) is 24.3 Å². The van der Waals surface area contributed by atoms with Crippen LogP contribution in [0.25, 0.3) is 10.8 Å². The van der Waals surface area contributed by atoms with E-state index < -0.39 is 0 Å². The number of fused-ring (bicyclic) bond motifs is 1. The van der Waals surface area contributed by atoms with Gasteiger partial charge in [-0.2, -0.15) is 0 Å². The molecule has 94 valence electrons. The Morgan fingerprint density at radius 2 is 1.53 bits per heavy atom. The molecule has 0 saturated heterocycles. The third kappa shape index (κ3) is 2.88. The highest BCUT2D eigenvalue weighted by atomic mass is 35.5. The molecule has 0 atom stereocenters. The Kier molecular flexibility index (Phi) is 3.39. The van der Waals surface area contributed by atoms with Gasteiger partial charge in [0.2, 0.25) is 0 Å². The number of rotatable bonds is 3. The third-order valence-electron chi connectivity index (χ3n) is 3.16. The molecule has 0 heterocycles. The van der Waals surface area contributed by atoms with Crippen LogP contribution in [0, 0.1) is 0 Å². The summed E-state index contributed by atoms with van der Waals surface area (Å²) in [5.41, 5.74) is 2.35. The predicted octanol–water partition coefficient (Wildman–Crippen LogP) is 5.11. The van der Waals surface area contributed by atoms with Gasteiger partial charge in [-0.1, -0.05) is 54.1 Å². The van der Waals surface area contributed by atoms with Gasteiger partial charge in [-0.15, -0.1) is 0 Å². The predicted molar refractivity (Wildman–Crippen MR) is 82.7 cm³/mol. The van der Waals surface area contributed by atoms with E-state index in [1.54, 1.807) is 0 Å². The number of benzene rings is 3. The summed E-state index contributed by atoms with van der Waals surface area (Å²) in [6.07, 6.45) is 0. The van der Waals surface area contributed by atoms with Gasteiger partial charge in [0.25, 0.3) is 0 Å².